The Labute approximate surface area is 177 Å². The molecule has 0 aliphatic heterocycles. The van der Waals surface area contributed by atoms with Crippen LogP contribution in [0.25, 0.3) is 0 Å². The van der Waals surface area contributed by atoms with Crippen LogP contribution in [0.2, 0.25) is 0 Å². The second-order valence-electron chi connectivity index (χ2n) is 7.76. The molecule has 29 heavy (non-hydrogen) atoms. The minimum atomic E-state index is -0.864. The average Bonchev–Trinajstić information content (AvgIpc) is 3.25. The second kappa shape index (κ2) is 12.9. The fraction of sp³-hybridized carbons (Fsp3) is 0.652. The Kier molecular flexibility index (Phi) is 10.5. The number of aromatic nitrogens is 2. The largest absolute Gasteiger partial charge is 0.490 e. The van der Waals surface area contributed by atoms with Gasteiger partial charge in [0.25, 0.3) is 0 Å². The molecule has 0 aliphatic rings. The van der Waals surface area contributed by atoms with Gasteiger partial charge in [0, 0.05) is 5.92 Å². The van der Waals surface area contributed by atoms with Gasteiger partial charge in [0.15, 0.2) is 11.6 Å². The van der Waals surface area contributed by atoms with Gasteiger partial charge < -0.3 is 4.74 Å². The third-order valence-electron chi connectivity index (χ3n) is 5.53. The summed E-state index contributed by atoms with van der Waals surface area (Å²) in [6.45, 7) is 6.68. The number of unbranched alkanes of at least 4 members (excludes halogenated alkanes) is 5. The predicted octanol–water partition coefficient (Wildman–Crippen LogP) is 7.63. The number of ether oxygens (including phenoxy) is 1. The van der Waals surface area contributed by atoms with E-state index in [-0.39, 0.29) is 11.7 Å². The maximum absolute atomic E-state index is 14.6. The zero-order chi connectivity index (χ0) is 21.1. The molecule has 0 aliphatic carbocycles. The summed E-state index contributed by atoms with van der Waals surface area (Å²) in [5.74, 6) is -1.37. The Balaban J connectivity index is 1.85. The van der Waals surface area contributed by atoms with Crippen LogP contribution in [0.1, 0.15) is 101 Å². The van der Waals surface area contributed by atoms with Crippen molar-refractivity contribution < 1.29 is 13.5 Å². The maximum Gasteiger partial charge on any atom is 0.200 e. The number of halogens is 2. The van der Waals surface area contributed by atoms with E-state index >= 15 is 0 Å². The Hall–Kier alpha value is -1.56. The summed E-state index contributed by atoms with van der Waals surface area (Å²) in [5, 5.41) is 9.08. The Morgan fingerprint density at radius 2 is 1.76 bits per heavy atom. The quantitative estimate of drug-likeness (QED) is 0.292. The van der Waals surface area contributed by atoms with Crippen LogP contribution in [0.4, 0.5) is 8.78 Å². The molecule has 0 bridgehead atoms. The maximum atomic E-state index is 14.6. The minimum Gasteiger partial charge on any atom is -0.490 e. The molecule has 2 aromatic rings. The molecule has 162 valence electrons. The molecule has 0 saturated carbocycles. The Morgan fingerprint density at radius 3 is 2.45 bits per heavy atom. The van der Waals surface area contributed by atoms with Gasteiger partial charge in [0.2, 0.25) is 5.82 Å². The lowest BCUT2D eigenvalue weighted by molar-refractivity contribution is 0.284. The number of hydrogen-bond donors (Lipinski definition) is 0. The molecule has 3 nitrogen and oxygen atoms in total. The third-order valence-corrected chi connectivity index (χ3v) is 6.39. The fourth-order valence-electron chi connectivity index (χ4n) is 3.57. The molecule has 0 radical (unpaired) electrons. The second-order valence-corrected chi connectivity index (χ2v) is 8.62. The van der Waals surface area contributed by atoms with Crippen molar-refractivity contribution in [2.45, 2.75) is 90.4 Å². The molecule has 6 heteroatoms. The van der Waals surface area contributed by atoms with Crippen molar-refractivity contribution >= 4 is 11.3 Å². The summed E-state index contributed by atoms with van der Waals surface area (Å²) in [6, 6.07) is 3.24. The van der Waals surface area contributed by atoms with Gasteiger partial charge in [-0.2, -0.15) is 4.39 Å². The molecule has 0 spiro atoms. The lowest BCUT2D eigenvalue weighted by Gasteiger charge is -2.18. The highest BCUT2D eigenvalue weighted by atomic mass is 32.1. The summed E-state index contributed by atoms with van der Waals surface area (Å²) >= 11 is 1.55. The van der Waals surface area contributed by atoms with E-state index in [0.29, 0.717) is 18.1 Å². The molecule has 2 unspecified atom stereocenters. The van der Waals surface area contributed by atoms with Crippen LogP contribution in [-0.4, -0.2) is 16.8 Å². The highest BCUT2D eigenvalue weighted by Crippen LogP contribution is 2.33. The molecule has 1 aromatic carbocycles. The number of rotatable bonds is 14. The van der Waals surface area contributed by atoms with Gasteiger partial charge in [-0.25, -0.2) is 4.39 Å². The molecule has 1 aromatic heterocycles. The summed E-state index contributed by atoms with van der Waals surface area (Å²) in [6.07, 6.45) is 9.40. The lowest BCUT2D eigenvalue weighted by Crippen LogP contribution is -2.06. The van der Waals surface area contributed by atoms with Crippen molar-refractivity contribution in [1.82, 2.24) is 10.2 Å². The highest BCUT2D eigenvalue weighted by Gasteiger charge is 2.21. The molecule has 0 saturated heterocycles. The van der Waals surface area contributed by atoms with Gasteiger partial charge in [-0.1, -0.05) is 58.9 Å². The van der Waals surface area contributed by atoms with Crippen LogP contribution >= 0.6 is 11.3 Å². The van der Waals surface area contributed by atoms with Crippen molar-refractivity contribution in [3.05, 3.63) is 39.8 Å². The first-order valence-electron chi connectivity index (χ1n) is 10.9. The van der Waals surface area contributed by atoms with Crippen LogP contribution in [-0.2, 0) is 0 Å². The summed E-state index contributed by atoms with van der Waals surface area (Å²) in [4.78, 5) is 0. The van der Waals surface area contributed by atoms with Crippen LogP contribution < -0.4 is 4.74 Å². The molecule has 1 heterocycles. The topological polar surface area (TPSA) is 35.0 Å². The van der Waals surface area contributed by atoms with Crippen LogP contribution in [0.5, 0.6) is 5.75 Å². The minimum absolute atomic E-state index is 0.0207. The standard InChI is InChI=1S/C23H34F2N2OS/c1-4-6-7-8-9-10-15-28-20-14-13-19(21(24)22(20)25)17(3)11-12-18(5-2)23-27-26-16-29-23/h13-14,16-18H,4-12,15H2,1-3H3. The van der Waals surface area contributed by atoms with E-state index in [4.69, 9.17) is 4.74 Å². The Morgan fingerprint density at radius 1 is 1.00 bits per heavy atom. The molecular weight excluding hydrogens is 390 g/mol. The van der Waals surface area contributed by atoms with Crippen molar-refractivity contribution in [1.29, 1.82) is 0 Å². The van der Waals surface area contributed by atoms with Crippen molar-refractivity contribution in [3.63, 3.8) is 0 Å². The SMILES string of the molecule is CCCCCCCCOc1ccc(C(C)CCC(CC)c2nncs2)c(F)c1F. The van der Waals surface area contributed by atoms with Crippen molar-refractivity contribution in [3.8, 4) is 5.75 Å². The molecule has 2 atom stereocenters. The van der Waals surface area contributed by atoms with Crippen LogP contribution in [0.15, 0.2) is 17.6 Å². The van der Waals surface area contributed by atoms with E-state index in [1.807, 2.05) is 6.92 Å². The molecule has 0 amide bonds. The molecule has 0 fully saturated rings. The smallest absolute Gasteiger partial charge is 0.200 e. The van der Waals surface area contributed by atoms with Gasteiger partial charge in [0.1, 0.15) is 10.5 Å². The zero-order valence-electron chi connectivity index (χ0n) is 17.9. The fourth-order valence-corrected chi connectivity index (χ4v) is 4.35. The lowest BCUT2D eigenvalue weighted by atomic mass is 9.90. The average molecular weight is 425 g/mol. The van der Waals surface area contributed by atoms with Crippen molar-refractivity contribution in [2.75, 3.05) is 6.61 Å². The predicted molar refractivity (Wildman–Crippen MR) is 116 cm³/mol. The van der Waals surface area contributed by atoms with Gasteiger partial charge in [-0.15, -0.1) is 21.5 Å². The summed E-state index contributed by atoms with van der Waals surface area (Å²) in [5.41, 5.74) is 2.15. The van der Waals surface area contributed by atoms with Gasteiger partial charge in [0.05, 0.1) is 6.61 Å². The van der Waals surface area contributed by atoms with Crippen molar-refractivity contribution in [2.24, 2.45) is 0 Å². The first kappa shape index (κ1) is 23.7. The highest BCUT2D eigenvalue weighted by molar-refractivity contribution is 7.09. The van der Waals surface area contributed by atoms with E-state index in [9.17, 15) is 8.78 Å². The van der Waals surface area contributed by atoms with Crippen LogP contribution in [0, 0.1) is 11.6 Å². The Bertz CT molecular complexity index is 709. The van der Waals surface area contributed by atoms with E-state index in [1.165, 1.54) is 25.7 Å². The normalized spacial score (nSPS) is 13.4. The van der Waals surface area contributed by atoms with E-state index in [0.717, 1.165) is 37.1 Å². The number of nitrogens with zero attached hydrogens (tertiary/aromatic N) is 2. The molecule has 2 rings (SSSR count). The molecular formula is C23H34F2N2OS. The first-order valence-corrected chi connectivity index (χ1v) is 11.8. The van der Waals surface area contributed by atoms with E-state index in [1.54, 1.807) is 29.0 Å². The third kappa shape index (κ3) is 7.32. The first-order chi connectivity index (χ1) is 14.1. The summed E-state index contributed by atoms with van der Waals surface area (Å²) in [7, 11) is 0. The summed E-state index contributed by atoms with van der Waals surface area (Å²) < 4.78 is 34.6. The van der Waals surface area contributed by atoms with Crippen LogP contribution in [0.3, 0.4) is 0 Å². The van der Waals surface area contributed by atoms with Gasteiger partial charge in [-0.3, -0.25) is 0 Å². The molecule has 0 N–H and O–H groups in total. The number of benzene rings is 1. The number of hydrogen-bond acceptors (Lipinski definition) is 4. The van der Waals surface area contributed by atoms with E-state index in [2.05, 4.69) is 24.0 Å². The van der Waals surface area contributed by atoms with Gasteiger partial charge >= 0.3 is 0 Å². The zero-order valence-corrected chi connectivity index (χ0v) is 18.7. The van der Waals surface area contributed by atoms with Gasteiger partial charge in [-0.05, 0) is 43.2 Å². The monoisotopic (exact) mass is 424 g/mol. The van der Waals surface area contributed by atoms with E-state index < -0.39 is 11.6 Å².